The summed E-state index contributed by atoms with van der Waals surface area (Å²) in [4.78, 5) is 12.4. The van der Waals surface area contributed by atoms with Gasteiger partial charge < -0.3 is 9.84 Å². The standard InChI is InChI=1S/C12H17N5O/c1-3-4-14-9(2)7-11-16-12(17-18-11)10-8-13-5-6-15-10/h5-6,8-9,14H,3-4,7H2,1-2H3. The molecule has 0 radical (unpaired) electrons. The van der Waals surface area contributed by atoms with Gasteiger partial charge in [0.25, 0.3) is 0 Å². The summed E-state index contributed by atoms with van der Waals surface area (Å²) >= 11 is 0. The summed E-state index contributed by atoms with van der Waals surface area (Å²) in [5, 5.41) is 7.28. The molecule has 2 heterocycles. The molecule has 0 aliphatic carbocycles. The zero-order chi connectivity index (χ0) is 12.8. The third-order valence-electron chi connectivity index (χ3n) is 2.48. The summed E-state index contributed by atoms with van der Waals surface area (Å²) in [6.45, 7) is 5.23. The van der Waals surface area contributed by atoms with Crippen molar-refractivity contribution in [1.82, 2.24) is 25.4 Å². The molecule has 0 aliphatic rings. The van der Waals surface area contributed by atoms with Crippen molar-refractivity contribution in [3.8, 4) is 11.5 Å². The van der Waals surface area contributed by atoms with E-state index < -0.39 is 0 Å². The van der Waals surface area contributed by atoms with Crippen molar-refractivity contribution in [2.75, 3.05) is 6.54 Å². The van der Waals surface area contributed by atoms with Gasteiger partial charge in [-0.15, -0.1) is 0 Å². The van der Waals surface area contributed by atoms with Crippen LogP contribution < -0.4 is 5.32 Å². The fraction of sp³-hybridized carbons (Fsp3) is 0.500. The highest BCUT2D eigenvalue weighted by Crippen LogP contribution is 2.11. The Hall–Kier alpha value is -1.82. The zero-order valence-corrected chi connectivity index (χ0v) is 10.6. The third kappa shape index (κ3) is 3.33. The van der Waals surface area contributed by atoms with E-state index in [0.29, 0.717) is 29.9 Å². The molecule has 1 unspecified atom stereocenters. The van der Waals surface area contributed by atoms with Crippen LogP contribution in [0.1, 0.15) is 26.2 Å². The van der Waals surface area contributed by atoms with Crippen LogP contribution in [0.25, 0.3) is 11.5 Å². The molecule has 1 N–H and O–H groups in total. The molecule has 0 fully saturated rings. The molecule has 0 saturated carbocycles. The first-order valence-corrected chi connectivity index (χ1v) is 6.12. The van der Waals surface area contributed by atoms with Gasteiger partial charge in [0.05, 0.1) is 6.20 Å². The van der Waals surface area contributed by atoms with Gasteiger partial charge in [-0.05, 0) is 19.9 Å². The van der Waals surface area contributed by atoms with E-state index in [9.17, 15) is 0 Å². The average Bonchev–Trinajstić information content (AvgIpc) is 2.86. The van der Waals surface area contributed by atoms with E-state index in [0.717, 1.165) is 13.0 Å². The van der Waals surface area contributed by atoms with Crippen molar-refractivity contribution < 1.29 is 4.52 Å². The monoisotopic (exact) mass is 247 g/mol. The lowest BCUT2D eigenvalue weighted by atomic mass is 10.2. The Morgan fingerprint density at radius 1 is 1.39 bits per heavy atom. The quantitative estimate of drug-likeness (QED) is 0.832. The van der Waals surface area contributed by atoms with Crippen LogP contribution in [0.3, 0.4) is 0 Å². The fourth-order valence-corrected chi connectivity index (χ4v) is 1.58. The van der Waals surface area contributed by atoms with E-state index in [4.69, 9.17) is 4.52 Å². The van der Waals surface area contributed by atoms with E-state index in [-0.39, 0.29) is 0 Å². The van der Waals surface area contributed by atoms with Crippen LogP contribution in [-0.4, -0.2) is 32.7 Å². The summed E-state index contributed by atoms with van der Waals surface area (Å²) in [7, 11) is 0. The minimum atomic E-state index is 0.320. The largest absolute Gasteiger partial charge is 0.339 e. The predicted octanol–water partition coefficient (Wildman–Crippen LogP) is 1.46. The van der Waals surface area contributed by atoms with Crippen molar-refractivity contribution in [3.05, 3.63) is 24.5 Å². The van der Waals surface area contributed by atoms with Crippen LogP contribution >= 0.6 is 0 Å². The first kappa shape index (κ1) is 12.6. The first-order valence-electron chi connectivity index (χ1n) is 6.12. The fourth-order valence-electron chi connectivity index (χ4n) is 1.58. The molecule has 2 rings (SSSR count). The van der Waals surface area contributed by atoms with Crippen molar-refractivity contribution in [3.63, 3.8) is 0 Å². The molecular formula is C12H17N5O. The van der Waals surface area contributed by atoms with Crippen LogP contribution in [0.2, 0.25) is 0 Å². The Morgan fingerprint density at radius 3 is 3.00 bits per heavy atom. The maximum atomic E-state index is 5.20. The molecule has 96 valence electrons. The molecule has 0 bridgehead atoms. The minimum absolute atomic E-state index is 0.320. The molecule has 0 aromatic carbocycles. The van der Waals surface area contributed by atoms with E-state index in [1.165, 1.54) is 0 Å². The summed E-state index contributed by atoms with van der Waals surface area (Å²) in [6, 6.07) is 0.320. The summed E-state index contributed by atoms with van der Waals surface area (Å²) in [5.74, 6) is 1.10. The van der Waals surface area contributed by atoms with Gasteiger partial charge in [-0.2, -0.15) is 4.98 Å². The summed E-state index contributed by atoms with van der Waals surface area (Å²) in [5.41, 5.74) is 0.627. The van der Waals surface area contributed by atoms with Crippen molar-refractivity contribution in [1.29, 1.82) is 0 Å². The average molecular weight is 247 g/mol. The van der Waals surface area contributed by atoms with Crippen molar-refractivity contribution >= 4 is 0 Å². The Balaban J connectivity index is 1.98. The number of nitrogens with zero attached hydrogens (tertiary/aromatic N) is 4. The molecule has 1 atom stereocenters. The number of hydrogen-bond acceptors (Lipinski definition) is 6. The zero-order valence-electron chi connectivity index (χ0n) is 10.6. The van der Waals surface area contributed by atoms with E-state index in [1.54, 1.807) is 18.6 Å². The van der Waals surface area contributed by atoms with Crippen LogP contribution in [0, 0.1) is 0 Å². The van der Waals surface area contributed by atoms with Gasteiger partial charge in [-0.25, -0.2) is 4.98 Å². The van der Waals surface area contributed by atoms with Gasteiger partial charge in [0.2, 0.25) is 11.7 Å². The number of hydrogen-bond donors (Lipinski definition) is 1. The highest BCUT2D eigenvalue weighted by molar-refractivity contribution is 5.45. The van der Waals surface area contributed by atoms with E-state index >= 15 is 0 Å². The van der Waals surface area contributed by atoms with Gasteiger partial charge in [0, 0.05) is 24.9 Å². The molecule has 2 aromatic heterocycles. The van der Waals surface area contributed by atoms with E-state index in [1.807, 2.05) is 0 Å². The molecule has 18 heavy (non-hydrogen) atoms. The van der Waals surface area contributed by atoms with Gasteiger partial charge >= 0.3 is 0 Å². The molecule has 0 aliphatic heterocycles. The van der Waals surface area contributed by atoms with Gasteiger partial charge in [0.15, 0.2) is 0 Å². The Kier molecular flexibility index (Phi) is 4.35. The normalized spacial score (nSPS) is 12.6. The Bertz CT molecular complexity index is 470. The summed E-state index contributed by atoms with van der Waals surface area (Å²) in [6.07, 6.45) is 6.66. The maximum Gasteiger partial charge on any atom is 0.228 e. The second-order valence-corrected chi connectivity index (χ2v) is 4.16. The van der Waals surface area contributed by atoms with Crippen LogP contribution in [0.4, 0.5) is 0 Å². The Morgan fingerprint density at radius 2 is 2.28 bits per heavy atom. The second kappa shape index (κ2) is 6.20. The van der Waals surface area contributed by atoms with Crippen LogP contribution in [-0.2, 0) is 6.42 Å². The number of aromatic nitrogens is 4. The molecule has 6 heteroatoms. The third-order valence-corrected chi connectivity index (χ3v) is 2.48. The SMILES string of the molecule is CCCNC(C)Cc1nc(-c2cnccn2)no1. The predicted molar refractivity (Wildman–Crippen MR) is 66.8 cm³/mol. The number of nitrogens with one attached hydrogen (secondary N) is 1. The molecule has 0 saturated heterocycles. The minimum Gasteiger partial charge on any atom is -0.339 e. The molecule has 0 amide bonds. The first-order chi connectivity index (χ1) is 8.79. The lowest BCUT2D eigenvalue weighted by Crippen LogP contribution is -2.28. The molecule has 0 spiro atoms. The van der Waals surface area contributed by atoms with Crippen molar-refractivity contribution in [2.24, 2.45) is 0 Å². The van der Waals surface area contributed by atoms with Crippen molar-refractivity contribution in [2.45, 2.75) is 32.7 Å². The van der Waals surface area contributed by atoms with E-state index in [2.05, 4.69) is 39.3 Å². The number of rotatable bonds is 6. The lowest BCUT2D eigenvalue weighted by molar-refractivity contribution is 0.362. The highest BCUT2D eigenvalue weighted by Gasteiger charge is 2.12. The Labute approximate surface area is 106 Å². The topological polar surface area (TPSA) is 76.7 Å². The van der Waals surface area contributed by atoms with Gasteiger partial charge in [0.1, 0.15) is 5.69 Å². The molecular weight excluding hydrogens is 230 g/mol. The maximum absolute atomic E-state index is 5.20. The highest BCUT2D eigenvalue weighted by atomic mass is 16.5. The van der Waals surface area contributed by atoms with Crippen LogP contribution in [0.5, 0.6) is 0 Å². The van der Waals surface area contributed by atoms with Gasteiger partial charge in [-0.3, -0.25) is 4.98 Å². The molecule has 2 aromatic rings. The lowest BCUT2D eigenvalue weighted by Gasteiger charge is -2.09. The van der Waals surface area contributed by atoms with Crippen LogP contribution in [0.15, 0.2) is 23.1 Å². The molecule has 6 nitrogen and oxygen atoms in total. The second-order valence-electron chi connectivity index (χ2n) is 4.16. The van der Waals surface area contributed by atoms with Gasteiger partial charge in [-0.1, -0.05) is 12.1 Å². The smallest absolute Gasteiger partial charge is 0.228 e. The summed E-state index contributed by atoms with van der Waals surface area (Å²) < 4.78 is 5.20.